The van der Waals surface area contributed by atoms with Crippen LogP contribution in [-0.4, -0.2) is 18.4 Å². The van der Waals surface area contributed by atoms with Gasteiger partial charge < -0.3 is 10.6 Å². The van der Waals surface area contributed by atoms with Gasteiger partial charge in [-0.1, -0.05) is 37.1 Å². The first-order chi connectivity index (χ1) is 9.93. The highest BCUT2D eigenvalue weighted by atomic mass is 16.2. The van der Waals surface area contributed by atoms with Crippen molar-refractivity contribution in [3.8, 4) is 0 Å². The number of hydrogen-bond acceptors (Lipinski definition) is 2. The summed E-state index contributed by atoms with van der Waals surface area (Å²) in [7, 11) is 0. The summed E-state index contributed by atoms with van der Waals surface area (Å²) in [4.78, 5) is 23.4. The van der Waals surface area contributed by atoms with Crippen LogP contribution in [0.5, 0.6) is 0 Å². The zero-order valence-corrected chi connectivity index (χ0v) is 13.2. The van der Waals surface area contributed by atoms with Gasteiger partial charge in [0.15, 0.2) is 0 Å². The number of hydrogen-bond donors (Lipinski definition) is 2. The van der Waals surface area contributed by atoms with E-state index in [-0.39, 0.29) is 18.4 Å². The number of carbonyl (C=O) groups is 2. The Bertz CT molecular complexity index is 525. The van der Waals surface area contributed by atoms with Gasteiger partial charge in [-0.2, -0.15) is 0 Å². The van der Waals surface area contributed by atoms with E-state index in [4.69, 9.17) is 0 Å². The van der Waals surface area contributed by atoms with E-state index in [9.17, 15) is 9.59 Å². The smallest absolute Gasteiger partial charge is 0.244 e. The summed E-state index contributed by atoms with van der Waals surface area (Å²) in [5, 5.41) is 5.42. The first-order valence-electron chi connectivity index (χ1n) is 7.26. The number of carbonyl (C=O) groups excluding carboxylic acids is 2. The van der Waals surface area contributed by atoms with Crippen molar-refractivity contribution >= 4 is 17.5 Å². The maximum Gasteiger partial charge on any atom is 0.244 e. The Labute approximate surface area is 126 Å². The molecule has 4 nitrogen and oxygen atoms in total. The molecule has 0 aliphatic rings. The zero-order valence-electron chi connectivity index (χ0n) is 13.2. The number of unbranched alkanes of at least 4 members (excludes halogenated alkanes) is 1. The first-order valence-corrected chi connectivity index (χ1v) is 7.26. The summed E-state index contributed by atoms with van der Waals surface area (Å²) in [5.74, 6) is -0.460. The SMILES string of the molecule is CCCC=CC(=O)NCC(=O)Nc1c(C)cc(C)cc1C. The number of allylic oxidation sites excluding steroid dienone is 1. The lowest BCUT2D eigenvalue weighted by atomic mass is 10.1. The highest BCUT2D eigenvalue weighted by molar-refractivity contribution is 5.97. The molecule has 0 aromatic heterocycles. The number of nitrogens with one attached hydrogen (secondary N) is 2. The van der Waals surface area contributed by atoms with Crippen molar-refractivity contribution in [3.05, 3.63) is 41.0 Å². The molecular formula is C17H24N2O2. The highest BCUT2D eigenvalue weighted by Gasteiger charge is 2.08. The second-order valence-corrected chi connectivity index (χ2v) is 5.23. The van der Waals surface area contributed by atoms with Crippen LogP contribution in [0.15, 0.2) is 24.3 Å². The molecule has 0 atom stereocenters. The van der Waals surface area contributed by atoms with Crippen LogP contribution in [0.4, 0.5) is 5.69 Å². The molecule has 1 rings (SSSR count). The Balaban J connectivity index is 2.53. The van der Waals surface area contributed by atoms with Gasteiger partial charge in [-0.25, -0.2) is 0 Å². The third kappa shape index (κ3) is 5.81. The van der Waals surface area contributed by atoms with Crippen LogP contribution < -0.4 is 10.6 Å². The molecule has 0 spiro atoms. The van der Waals surface area contributed by atoms with Crippen molar-refractivity contribution in [1.82, 2.24) is 5.32 Å². The minimum absolute atomic E-state index is 0.0257. The Morgan fingerprint density at radius 2 is 1.76 bits per heavy atom. The van der Waals surface area contributed by atoms with Gasteiger partial charge in [0.25, 0.3) is 0 Å². The highest BCUT2D eigenvalue weighted by Crippen LogP contribution is 2.21. The maximum atomic E-state index is 11.9. The van der Waals surface area contributed by atoms with Crippen molar-refractivity contribution < 1.29 is 9.59 Å². The van der Waals surface area contributed by atoms with E-state index in [0.29, 0.717) is 0 Å². The van der Waals surface area contributed by atoms with Gasteiger partial charge in [-0.3, -0.25) is 9.59 Å². The largest absolute Gasteiger partial charge is 0.343 e. The second-order valence-electron chi connectivity index (χ2n) is 5.23. The molecule has 1 aromatic carbocycles. The molecular weight excluding hydrogens is 264 g/mol. The summed E-state index contributed by atoms with van der Waals surface area (Å²) >= 11 is 0. The predicted molar refractivity (Wildman–Crippen MR) is 86.3 cm³/mol. The standard InChI is InChI=1S/C17H24N2O2/c1-5-6-7-8-15(20)18-11-16(21)19-17-13(3)9-12(2)10-14(17)4/h7-10H,5-6,11H2,1-4H3,(H,18,20)(H,19,21). The molecule has 0 saturated carbocycles. The third-order valence-corrected chi connectivity index (χ3v) is 3.09. The lowest BCUT2D eigenvalue weighted by Gasteiger charge is -2.13. The van der Waals surface area contributed by atoms with Crippen LogP contribution in [0, 0.1) is 20.8 Å². The number of aryl methyl sites for hydroxylation is 3. The normalized spacial score (nSPS) is 10.7. The fourth-order valence-corrected chi connectivity index (χ4v) is 2.14. The number of benzene rings is 1. The average molecular weight is 288 g/mol. The lowest BCUT2D eigenvalue weighted by molar-refractivity contribution is -0.121. The Morgan fingerprint density at radius 3 is 2.33 bits per heavy atom. The molecule has 1 aromatic rings. The Morgan fingerprint density at radius 1 is 1.14 bits per heavy atom. The molecule has 0 fully saturated rings. The molecule has 0 aliphatic heterocycles. The van der Waals surface area contributed by atoms with E-state index in [0.717, 1.165) is 35.2 Å². The summed E-state index contributed by atoms with van der Waals surface area (Å²) in [6, 6.07) is 4.05. The van der Waals surface area contributed by atoms with E-state index in [1.54, 1.807) is 0 Å². The second kappa shape index (κ2) is 8.25. The average Bonchev–Trinajstić information content (AvgIpc) is 2.41. The Kier molecular flexibility index (Phi) is 6.66. The monoisotopic (exact) mass is 288 g/mol. The summed E-state index contributed by atoms with van der Waals surface area (Å²) in [6.45, 7) is 7.96. The molecule has 0 bridgehead atoms. The summed E-state index contributed by atoms with van der Waals surface area (Å²) < 4.78 is 0. The zero-order chi connectivity index (χ0) is 15.8. The van der Waals surface area contributed by atoms with E-state index < -0.39 is 0 Å². The van der Waals surface area contributed by atoms with Gasteiger partial charge in [0, 0.05) is 5.69 Å². The van der Waals surface area contributed by atoms with Gasteiger partial charge in [-0.05, 0) is 44.4 Å². The van der Waals surface area contributed by atoms with Crippen LogP contribution in [-0.2, 0) is 9.59 Å². The first kappa shape index (κ1) is 17.0. The molecule has 21 heavy (non-hydrogen) atoms. The van der Waals surface area contributed by atoms with Crippen LogP contribution in [0.1, 0.15) is 36.5 Å². The lowest BCUT2D eigenvalue weighted by Crippen LogP contribution is -2.32. The fourth-order valence-electron chi connectivity index (χ4n) is 2.14. The van der Waals surface area contributed by atoms with Crippen LogP contribution in [0.25, 0.3) is 0 Å². The molecule has 2 amide bonds. The summed E-state index contributed by atoms with van der Waals surface area (Å²) in [5.41, 5.74) is 4.03. The van der Waals surface area contributed by atoms with Crippen LogP contribution in [0.3, 0.4) is 0 Å². The molecule has 114 valence electrons. The van der Waals surface area contributed by atoms with Gasteiger partial charge in [0.2, 0.25) is 11.8 Å². The minimum Gasteiger partial charge on any atom is -0.343 e. The molecule has 2 N–H and O–H groups in total. The van der Waals surface area contributed by atoms with Crippen LogP contribution in [0.2, 0.25) is 0 Å². The van der Waals surface area contributed by atoms with Crippen molar-refractivity contribution in [2.24, 2.45) is 0 Å². The van der Waals surface area contributed by atoms with Gasteiger partial charge in [-0.15, -0.1) is 0 Å². The van der Waals surface area contributed by atoms with Crippen LogP contribution >= 0.6 is 0 Å². The predicted octanol–water partition coefficient (Wildman–Crippen LogP) is 3.02. The molecule has 0 unspecified atom stereocenters. The van der Waals surface area contributed by atoms with E-state index in [2.05, 4.69) is 10.6 Å². The number of amides is 2. The molecule has 0 heterocycles. The quantitative estimate of drug-likeness (QED) is 0.791. The molecule has 0 saturated heterocycles. The topological polar surface area (TPSA) is 58.2 Å². The molecule has 0 aliphatic carbocycles. The number of anilines is 1. The van der Waals surface area contributed by atoms with Crippen molar-refractivity contribution in [2.45, 2.75) is 40.5 Å². The Hall–Kier alpha value is -2.10. The van der Waals surface area contributed by atoms with E-state index in [1.165, 1.54) is 6.08 Å². The van der Waals surface area contributed by atoms with Gasteiger partial charge >= 0.3 is 0 Å². The minimum atomic E-state index is -0.240. The summed E-state index contributed by atoms with van der Waals surface area (Å²) in [6.07, 6.45) is 5.14. The third-order valence-electron chi connectivity index (χ3n) is 3.09. The van der Waals surface area contributed by atoms with Crippen molar-refractivity contribution in [3.63, 3.8) is 0 Å². The van der Waals surface area contributed by atoms with Crippen molar-refractivity contribution in [1.29, 1.82) is 0 Å². The van der Waals surface area contributed by atoms with Crippen molar-refractivity contribution in [2.75, 3.05) is 11.9 Å². The number of rotatable bonds is 6. The van der Waals surface area contributed by atoms with E-state index in [1.807, 2.05) is 45.9 Å². The van der Waals surface area contributed by atoms with E-state index >= 15 is 0 Å². The molecule has 4 heteroatoms. The maximum absolute atomic E-state index is 11.9. The fraction of sp³-hybridized carbons (Fsp3) is 0.412. The van der Waals surface area contributed by atoms with Gasteiger partial charge in [0.05, 0.1) is 6.54 Å². The molecule has 0 radical (unpaired) electrons. The van der Waals surface area contributed by atoms with Gasteiger partial charge in [0.1, 0.15) is 0 Å².